The predicted octanol–water partition coefficient (Wildman–Crippen LogP) is 2.78. The average molecular weight is 273 g/mol. The first-order valence-corrected chi connectivity index (χ1v) is 6.74. The molecule has 0 fully saturated rings. The summed E-state index contributed by atoms with van der Waals surface area (Å²) in [4.78, 5) is 8.51. The van der Waals surface area contributed by atoms with Gasteiger partial charge in [0.25, 0.3) is 0 Å². The normalized spacial score (nSPS) is 10.3. The highest BCUT2D eigenvalue weighted by molar-refractivity contribution is 5.33. The maximum absolute atomic E-state index is 5.62. The van der Waals surface area contributed by atoms with Gasteiger partial charge >= 0.3 is 0 Å². The summed E-state index contributed by atoms with van der Waals surface area (Å²) in [7, 11) is 0. The maximum atomic E-state index is 5.62. The Kier molecular flexibility index (Phi) is 5.32. The van der Waals surface area contributed by atoms with Crippen molar-refractivity contribution in [2.45, 2.75) is 20.4 Å². The largest absolute Gasteiger partial charge is 0.494 e. The molecule has 0 aliphatic heterocycles. The van der Waals surface area contributed by atoms with E-state index in [0.717, 1.165) is 18.0 Å². The first-order chi connectivity index (χ1) is 9.81. The van der Waals surface area contributed by atoms with Gasteiger partial charge in [-0.15, -0.1) is 0 Å². The van der Waals surface area contributed by atoms with Gasteiger partial charge in [-0.1, -0.05) is 6.92 Å². The summed E-state index contributed by atoms with van der Waals surface area (Å²) < 4.78 is 11.0. The lowest BCUT2D eigenvalue weighted by Crippen LogP contribution is -2.13. The van der Waals surface area contributed by atoms with Gasteiger partial charge in [0, 0.05) is 6.54 Å². The fraction of sp³-hybridized carbons (Fsp3) is 0.333. The number of aromatic nitrogens is 2. The molecule has 5 nitrogen and oxygen atoms in total. The summed E-state index contributed by atoms with van der Waals surface area (Å²) in [6.07, 6.45) is 3.34. The standard InChI is InChI=1S/C15H19N3O2/c1-3-16-9-12-10-18-15(11-17-12)20-14-7-5-13(6-8-14)19-4-2/h5-8,10-11,16H,3-4,9H2,1-2H3. The van der Waals surface area contributed by atoms with Gasteiger partial charge in [-0.05, 0) is 37.7 Å². The third-order valence-electron chi connectivity index (χ3n) is 2.59. The van der Waals surface area contributed by atoms with Gasteiger partial charge < -0.3 is 14.8 Å². The zero-order valence-corrected chi connectivity index (χ0v) is 11.8. The number of nitrogens with one attached hydrogen (secondary N) is 1. The van der Waals surface area contributed by atoms with Crippen LogP contribution in [-0.4, -0.2) is 23.1 Å². The molecule has 1 aromatic heterocycles. The van der Waals surface area contributed by atoms with Crippen molar-refractivity contribution in [3.63, 3.8) is 0 Å². The third-order valence-corrected chi connectivity index (χ3v) is 2.59. The Morgan fingerprint density at radius 2 is 1.75 bits per heavy atom. The van der Waals surface area contributed by atoms with Gasteiger partial charge in [0.2, 0.25) is 5.88 Å². The number of benzene rings is 1. The highest BCUT2D eigenvalue weighted by Gasteiger charge is 2.01. The molecule has 1 aromatic carbocycles. The van der Waals surface area contributed by atoms with Crippen molar-refractivity contribution in [1.82, 2.24) is 15.3 Å². The van der Waals surface area contributed by atoms with E-state index in [2.05, 4.69) is 22.2 Å². The van der Waals surface area contributed by atoms with E-state index in [1.165, 1.54) is 0 Å². The average Bonchev–Trinajstić information content (AvgIpc) is 2.49. The topological polar surface area (TPSA) is 56.3 Å². The SMILES string of the molecule is CCNCc1cnc(Oc2ccc(OCC)cc2)cn1. The van der Waals surface area contributed by atoms with Crippen LogP contribution in [0, 0.1) is 0 Å². The monoisotopic (exact) mass is 273 g/mol. The van der Waals surface area contributed by atoms with Crippen molar-refractivity contribution in [3.8, 4) is 17.4 Å². The molecule has 0 bridgehead atoms. The Morgan fingerprint density at radius 1 is 1.00 bits per heavy atom. The van der Waals surface area contributed by atoms with Gasteiger partial charge in [0.1, 0.15) is 11.5 Å². The number of rotatable bonds is 7. The lowest BCUT2D eigenvalue weighted by molar-refractivity contribution is 0.339. The minimum absolute atomic E-state index is 0.481. The van der Waals surface area contributed by atoms with Crippen molar-refractivity contribution in [3.05, 3.63) is 42.4 Å². The Balaban J connectivity index is 1.95. The molecule has 0 saturated carbocycles. The molecule has 5 heteroatoms. The summed E-state index contributed by atoms with van der Waals surface area (Å²) >= 11 is 0. The Hall–Kier alpha value is -2.14. The fourth-order valence-electron chi connectivity index (χ4n) is 1.63. The summed E-state index contributed by atoms with van der Waals surface area (Å²) in [6.45, 7) is 6.28. The molecule has 0 spiro atoms. The van der Waals surface area contributed by atoms with E-state index in [-0.39, 0.29) is 0 Å². The Labute approximate surface area is 119 Å². The van der Waals surface area contributed by atoms with Crippen LogP contribution in [0.2, 0.25) is 0 Å². The number of nitrogens with zero attached hydrogens (tertiary/aromatic N) is 2. The van der Waals surface area contributed by atoms with Crippen LogP contribution in [0.15, 0.2) is 36.7 Å². The first-order valence-electron chi connectivity index (χ1n) is 6.74. The predicted molar refractivity (Wildman–Crippen MR) is 77.1 cm³/mol. The lowest BCUT2D eigenvalue weighted by Gasteiger charge is -2.07. The molecular weight excluding hydrogens is 254 g/mol. The molecule has 0 atom stereocenters. The Bertz CT molecular complexity index is 512. The highest BCUT2D eigenvalue weighted by atomic mass is 16.5. The van der Waals surface area contributed by atoms with Crippen LogP contribution in [0.3, 0.4) is 0 Å². The summed E-state index contributed by atoms with van der Waals surface area (Å²) in [5.74, 6) is 2.02. The number of hydrogen-bond acceptors (Lipinski definition) is 5. The van der Waals surface area contributed by atoms with Gasteiger partial charge in [0.05, 0.1) is 24.7 Å². The zero-order valence-electron chi connectivity index (χ0n) is 11.8. The highest BCUT2D eigenvalue weighted by Crippen LogP contribution is 2.21. The minimum Gasteiger partial charge on any atom is -0.494 e. The van der Waals surface area contributed by atoms with E-state index >= 15 is 0 Å². The van der Waals surface area contributed by atoms with Crippen molar-refractivity contribution < 1.29 is 9.47 Å². The second-order valence-corrected chi connectivity index (χ2v) is 4.13. The second-order valence-electron chi connectivity index (χ2n) is 4.13. The molecule has 2 aromatic rings. The van der Waals surface area contributed by atoms with Gasteiger partial charge in [-0.25, -0.2) is 4.98 Å². The first kappa shape index (κ1) is 14.3. The van der Waals surface area contributed by atoms with E-state index < -0.39 is 0 Å². The molecular formula is C15H19N3O2. The van der Waals surface area contributed by atoms with Crippen LogP contribution >= 0.6 is 0 Å². The van der Waals surface area contributed by atoms with Crippen molar-refractivity contribution in [1.29, 1.82) is 0 Å². The van der Waals surface area contributed by atoms with Gasteiger partial charge in [-0.2, -0.15) is 0 Å². The molecule has 0 saturated heterocycles. The molecule has 2 rings (SSSR count). The molecule has 0 unspecified atom stereocenters. The smallest absolute Gasteiger partial charge is 0.237 e. The summed E-state index contributed by atoms with van der Waals surface area (Å²) in [5, 5.41) is 3.19. The van der Waals surface area contributed by atoms with Gasteiger partial charge in [0.15, 0.2) is 0 Å². The van der Waals surface area contributed by atoms with Crippen LogP contribution in [0.1, 0.15) is 19.5 Å². The summed E-state index contributed by atoms with van der Waals surface area (Å²) in [5.41, 5.74) is 0.894. The molecule has 1 heterocycles. The van der Waals surface area contributed by atoms with E-state index in [4.69, 9.17) is 9.47 Å². The molecule has 106 valence electrons. The van der Waals surface area contributed by atoms with E-state index in [0.29, 0.717) is 24.8 Å². The fourth-order valence-corrected chi connectivity index (χ4v) is 1.63. The van der Waals surface area contributed by atoms with Crippen molar-refractivity contribution in [2.75, 3.05) is 13.2 Å². The summed E-state index contributed by atoms with van der Waals surface area (Å²) in [6, 6.07) is 7.43. The van der Waals surface area contributed by atoms with Crippen LogP contribution in [0.25, 0.3) is 0 Å². The maximum Gasteiger partial charge on any atom is 0.237 e. The molecule has 20 heavy (non-hydrogen) atoms. The molecule has 0 aliphatic rings. The molecule has 0 aliphatic carbocycles. The number of ether oxygens (including phenoxy) is 2. The Morgan fingerprint density at radius 3 is 2.35 bits per heavy atom. The molecule has 0 amide bonds. The molecule has 1 N–H and O–H groups in total. The lowest BCUT2D eigenvalue weighted by atomic mass is 10.3. The minimum atomic E-state index is 0.481. The van der Waals surface area contributed by atoms with Crippen LogP contribution in [-0.2, 0) is 6.54 Å². The third kappa shape index (κ3) is 4.20. The van der Waals surface area contributed by atoms with Crippen molar-refractivity contribution in [2.24, 2.45) is 0 Å². The van der Waals surface area contributed by atoms with E-state index in [1.54, 1.807) is 12.4 Å². The second kappa shape index (κ2) is 7.45. The van der Waals surface area contributed by atoms with E-state index in [1.807, 2.05) is 31.2 Å². The quantitative estimate of drug-likeness (QED) is 0.840. The van der Waals surface area contributed by atoms with Gasteiger partial charge in [-0.3, -0.25) is 4.98 Å². The van der Waals surface area contributed by atoms with Crippen LogP contribution in [0.5, 0.6) is 17.4 Å². The van der Waals surface area contributed by atoms with Crippen LogP contribution < -0.4 is 14.8 Å². The number of hydrogen-bond donors (Lipinski definition) is 1. The van der Waals surface area contributed by atoms with E-state index in [9.17, 15) is 0 Å². The van der Waals surface area contributed by atoms with Crippen molar-refractivity contribution >= 4 is 0 Å². The van der Waals surface area contributed by atoms with Crippen LogP contribution in [0.4, 0.5) is 0 Å². The zero-order chi connectivity index (χ0) is 14.2. The molecule has 0 radical (unpaired) electrons.